The maximum Gasteiger partial charge on any atom is 0.178 e. The molecular weight excluding hydrogens is 240 g/mol. The zero-order valence-electron chi connectivity index (χ0n) is 8.55. The molecule has 0 aliphatic carbocycles. The summed E-state index contributed by atoms with van der Waals surface area (Å²) in [5, 5.41) is 5.03. The second-order valence-corrected chi connectivity index (χ2v) is 5.40. The highest BCUT2D eigenvalue weighted by molar-refractivity contribution is 8.16. The maximum atomic E-state index is 11.9. The number of carbonyl (C=O) groups excluding carboxylic acids is 1. The monoisotopic (exact) mass is 250 g/mol. The van der Waals surface area contributed by atoms with E-state index in [4.69, 9.17) is 0 Å². The summed E-state index contributed by atoms with van der Waals surface area (Å²) in [6.45, 7) is 1.78. The number of rotatable bonds is 3. The van der Waals surface area contributed by atoms with Gasteiger partial charge in [0, 0.05) is 12.2 Å². The molecule has 16 heavy (non-hydrogen) atoms. The SMILES string of the molecule is O=C(CC1=CSC2=NCCN12)c1cccs1. The number of allylic oxidation sites excluding steroid dienone is 1. The normalized spacial score (nSPS) is 18.4. The predicted octanol–water partition coefficient (Wildman–Crippen LogP) is 2.58. The van der Waals surface area contributed by atoms with Crippen molar-refractivity contribution in [3.63, 3.8) is 0 Å². The number of thiophene rings is 1. The molecule has 0 amide bonds. The Kier molecular flexibility index (Phi) is 2.57. The number of Topliss-reactive ketones (excluding diaryl/α,β-unsaturated/α-hetero) is 1. The fraction of sp³-hybridized carbons (Fsp3) is 0.273. The van der Waals surface area contributed by atoms with E-state index >= 15 is 0 Å². The average molecular weight is 250 g/mol. The summed E-state index contributed by atoms with van der Waals surface area (Å²) in [5.41, 5.74) is 1.10. The van der Waals surface area contributed by atoms with E-state index in [1.165, 1.54) is 11.3 Å². The Morgan fingerprint density at radius 3 is 3.31 bits per heavy atom. The lowest BCUT2D eigenvalue weighted by atomic mass is 10.2. The molecule has 0 radical (unpaired) electrons. The van der Waals surface area contributed by atoms with Gasteiger partial charge < -0.3 is 4.90 Å². The smallest absolute Gasteiger partial charge is 0.178 e. The summed E-state index contributed by atoms with van der Waals surface area (Å²) in [6, 6.07) is 3.80. The largest absolute Gasteiger partial charge is 0.322 e. The van der Waals surface area contributed by atoms with Crippen molar-refractivity contribution in [2.24, 2.45) is 4.99 Å². The third-order valence-corrected chi connectivity index (χ3v) is 4.45. The van der Waals surface area contributed by atoms with Crippen LogP contribution in [0.25, 0.3) is 0 Å². The fourth-order valence-electron chi connectivity index (χ4n) is 1.80. The third-order valence-electron chi connectivity index (χ3n) is 2.59. The summed E-state index contributed by atoms with van der Waals surface area (Å²) in [6.07, 6.45) is 0.493. The number of aliphatic imine (C=N–C) groups is 1. The Bertz CT molecular complexity index is 476. The lowest BCUT2D eigenvalue weighted by Gasteiger charge is -2.15. The van der Waals surface area contributed by atoms with Crippen molar-refractivity contribution in [1.29, 1.82) is 0 Å². The first-order valence-electron chi connectivity index (χ1n) is 5.09. The summed E-state index contributed by atoms with van der Waals surface area (Å²) in [5.74, 6) is 0.204. The number of carbonyl (C=O) groups is 1. The average Bonchev–Trinajstić information content (AvgIpc) is 2.94. The molecule has 3 nitrogen and oxygen atoms in total. The molecule has 5 heteroatoms. The van der Waals surface area contributed by atoms with Crippen LogP contribution in [0.4, 0.5) is 0 Å². The fourth-order valence-corrected chi connectivity index (χ4v) is 3.42. The topological polar surface area (TPSA) is 32.7 Å². The first kappa shape index (κ1) is 10.1. The lowest BCUT2D eigenvalue weighted by Crippen LogP contribution is -2.22. The van der Waals surface area contributed by atoms with Gasteiger partial charge >= 0.3 is 0 Å². The van der Waals surface area contributed by atoms with Gasteiger partial charge in [-0.3, -0.25) is 9.79 Å². The Balaban J connectivity index is 1.72. The van der Waals surface area contributed by atoms with Gasteiger partial charge in [0.15, 0.2) is 11.0 Å². The number of ketones is 1. The number of fused-ring (bicyclic) bond motifs is 1. The van der Waals surface area contributed by atoms with Crippen LogP contribution in [0.2, 0.25) is 0 Å². The van der Waals surface area contributed by atoms with E-state index < -0.39 is 0 Å². The number of hydrogen-bond acceptors (Lipinski definition) is 5. The van der Waals surface area contributed by atoms with Crippen molar-refractivity contribution < 1.29 is 4.79 Å². The highest BCUT2D eigenvalue weighted by Gasteiger charge is 2.27. The van der Waals surface area contributed by atoms with E-state index in [9.17, 15) is 4.79 Å². The van der Waals surface area contributed by atoms with Crippen LogP contribution in [0, 0.1) is 0 Å². The highest BCUT2D eigenvalue weighted by atomic mass is 32.2. The summed E-state index contributed by atoms with van der Waals surface area (Å²) in [7, 11) is 0. The van der Waals surface area contributed by atoms with Crippen LogP contribution in [0.1, 0.15) is 16.1 Å². The maximum absolute atomic E-state index is 11.9. The zero-order chi connectivity index (χ0) is 11.0. The van der Waals surface area contributed by atoms with E-state index in [1.807, 2.05) is 22.9 Å². The molecule has 1 aromatic heterocycles. The molecule has 0 atom stereocenters. The Hall–Kier alpha value is -1.07. The van der Waals surface area contributed by atoms with Gasteiger partial charge in [-0.2, -0.15) is 0 Å². The van der Waals surface area contributed by atoms with Gasteiger partial charge in [0.2, 0.25) is 0 Å². The van der Waals surface area contributed by atoms with Crippen molar-refractivity contribution in [2.45, 2.75) is 6.42 Å². The summed E-state index contributed by atoms with van der Waals surface area (Å²) in [4.78, 5) is 19.3. The number of nitrogens with zero attached hydrogens (tertiary/aromatic N) is 2. The molecule has 0 spiro atoms. The van der Waals surface area contributed by atoms with E-state index in [2.05, 4.69) is 9.89 Å². The van der Waals surface area contributed by atoms with Crippen LogP contribution in [0.3, 0.4) is 0 Å². The Morgan fingerprint density at radius 2 is 2.50 bits per heavy atom. The van der Waals surface area contributed by atoms with E-state index in [0.717, 1.165) is 28.8 Å². The van der Waals surface area contributed by atoms with Gasteiger partial charge in [0.05, 0.1) is 17.8 Å². The quantitative estimate of drug-likeness (QED) is 0.773. The molecule has 2 aliphatic heterocycles. The van der Waals surface area contributed by atoms with E-state index in [0.29, 0.717) is 6.42 Å². The minimum atomic E-state index is 0.204. The molecule has 0 bridgehead atoms. The molecule has 2 aliphatic rings. The summed E-state index contributed by atoms with van der Waals surface area (Å²) >= 11 is 3.13. The van der Waals surface area contributed by atoms with Crippen LogP contribution in [-0.2, 0) is 0 Å². The second kappa shape index (κ2) is 4.07. The molecule has 3 rings (SSSR count). The Labute approximate surface area is 102 Å². The van der Waals surface area contributed by atoms with Gasteiger partial charge in [-0.1, -0.05) is 17.8 Å². The molecule has 0 saturated heterocycles. The van der Waals surface area contributed by atoms with E-state index in [-0.39, 0.29) is 5.78 Å². The van der Waals surface area contributed by atoms with Crippen LogP contribution in [0.5, 0.6) is 0 Å². The van der Waals surface area contributed by atoms with Gasteiger partial charge in [0.1, 0.15) is 0 Å². The molecule has 0 aromatic carbocycles. The zero-order valence-corrected chi connectivity index (χ0v) is 10.2. The van der Waals surface area contributed by atoms with Crippen molar-refractivity contribution in [2.75, 3.05) is 13.1 Å². The van der Waals surface area contributed by atoms with Crippen LogP contribution in [-0.4, -0.2) is 28.9 Å². The van der Waals surface area contributed by atoms with Crippen molar-refractivity contribution in [3.05, 3.63) is 33.5 Å². The van der Waals surface area contributed by atoms with Gasteiger partial charge in [0.25, 0.3) is 0 Å². The molecule has 1 aromatic rings. The van der Waals surface area contributed by atoms with Crippen molar-refractivity contribution >= 4 is 34.0 Å². The number of hydrogen-bond donors (Lipinski definition) is 0. The molecule has 3 heterocycles. The lowest BCUT2D eigenvalue weighted by molar-refractivity contribution is 0.0992. The van der Waals surface area contributed by atoms with Gasteiger partial charge in [-0.25, -0.2) is 0 Å². The first-order valence-corrected chi connectivity index (χ1v) is 6.85. The third kappa shape index (κ3) is 1.70. The summed E-state index contributed by atoms with van der Waals surface area (Å²) < 4.78 is 0. The van der Waals surface area contributed by atoms with Crippen molar-refractivity contribution in [3.8, 4) is 0 Å². The Morgan fingerprint density at radius 1 is 1.56 bits per heavy atom. The molecule has 0 N–H and O–H groups in total. The number of amidine groups is 1. The van der Waals surface area contributed by atoms with E-state index in [1.54, 1.807) is 11.8 Å². The minimum Gasteiger partial charge on any atom is -0.322 e. The van der Waals surface area contributed by atoms with Crippen LogP contribution >= 0.6 is 23.1 Å². The molecule has 0 unspecified atom stereocenters. The minimum absolute atomic E-state index is 0.204. The predicted molar refractivity (Wildman–Crippen MR) is 67.9 cm³/mol. The second-order valence-electron chi connectivity index (χ2n) is 3.62. The molecule has 82 valence electrons. The first-order chi connectivity index (χ1) is 7.84. The molecular formula is C11H10N2OS2. The number of thioether (sulfide) groups is 1. The highest BCUT2D eigenvalue weighted by Crippen LogP contribution is 2.31. The van der Waals surface area contributed by atoms with Crippen LogP contribution < -0.4 is 0 Å². The van der Waals surface area contributed by atoms with Gasteiger partial charge in [-0.05, 0) is 16.9 Å². The molecule has 0 saturated carbocycles. The standard InChI is InChI=1S/C11H10N2OS2/c14-9(10-2-1-5-15-10)6-8-7-16-11-12-3-4-13(8)11/h1-2,5,7H,3-4,6H2. The van der Waals surface area contributed by atoms with Crippen molar-refractivity contribution in [1.82, 2.24) is 4.90 Å². The van der Waals surface area contributed by atoms with Crippen LogP contribution in [0.15, 0.2) is 33.6 Å². The van der Waals surface area contributed by atoms with Gasteiger partial charge in [-0.15, -0.1) is 11.3 Å². The molecule has 0 fully saturated rings.